The molecule has 2 amide bonds. The Balaban J connectivity index is 2.08. The molecule has 0 bridgehead atoms. The summed E-state index contributed by atoms with van der Waals surface area (Å²) in [6, 6.07) is 22.2. The summed E-state index contributed by atoms with van der Waals surface area (Å²) < 4.78 is 10.5. The van der Waals surface area contributed by atoms with E-state index < -0.39 is 23.3 Å². The Kier molecular flexibility index (Phi) is 8.42. The SMILES string of the molecule is COc1cc(NC(=O)/C(C(=O)N(C)c2ccccc2)=C(\O)N(C=S)c2ccccc2)cc(OC)c1. The highest BCUT2D eigenvalue weighted by Crippen LogP contribution is 2.27. The molecular formula is C26H25N3O5S. The summed E-state index contributed by atoms with van der Waals surface area (Å²) in [6.45, 7) is 0. The first-order valence-corrected chi connectivity index (χ1v) is 11.0. The minimum Gasteiger partial charge on any atom is -0.497 e. The number of nitrogens with zero attached hydrogens (tertiary/aromatic N) is 2. The van der Waals surface area contributed by atoms with Crippen LogP contribution >= 0.6 is 12.2 Å². The van der Waals surface area contributed by atoms with Crippen LogP contribution in [0, 0.1) is 0 Å². The molecular weight excluding hydrogens is 466 g/mol. The van der Waals surface area contributed by atoms with Crippen molar-refractivity contribution in [2.24, 2.45) is 0 Å². The first-order valence-electron chi connectivity index (χ1n) is 10.5. The van der Waals surface area contributed by atoms with Crippen LogP contribution < -0.4 is 24.6 Å². The monoisotopic (exact) mass is 491 g/mol. The number of thiocarbonyl (C=S) groups is 1. The minimum atomic E-state index is -0.844. The maximum Gasteiger partial charge on any atom is 0.269 e. The van der Waals surface area contributed by atoms with Gasteiger partial charge in [0.25, 0.3) is 11.8 Å². The molecule has 9 heteroatoms. The van der Waals surface area contributed by atoms with Crippen molar-refractivity contribution in [3.63, 3.8) is 0 Å². The Bertz CT molecular complexity index is 1210. The maximum absolute atomic E-state index is 13.5. The lowest BCUT2D eigenvalue weighted by molar-refractivity contribution is -0.120. The van der Waals surface area contributed by atoms with Crippen LogP contribution in [-0.4, -0.2) is 43.7 Å². The van der Waals surface area contributed by atoms with E-state index in [1.54, 1.807) is 72.8 Å². The number of ether oxygens (including phenoxy) is 2. The average Bonchev–Trinajstić information content (AvgIpc) is 2.89. The van der Waals surface area contributed by atoms with Crippen LogP contribution in [-0.2, 0) is 9.59 Å². The summed E-state index contributed by atoms with van der Waals surface area (Å²) in [5, 5.41) is 13.8. The van der Waals surface area contributed by atoms with Crippen molar-refractivity contribution >= 4 is 46.6 Å². The van der Waals surface area contributed by atoms with Gasteiger partial charge in [0.1, 0.15) is 11.5 Å². The van der Waals surface area contributed by atoms with Gasteiger partial charge in [-0.05, 0) is 24.3 Å². The molecule has 0 unspecified atom stereocenters. The van der Waals surface area contributed by atoms with Gasteiger partial charge < -0.3 is 24.8 Å². The molecule has 0 fully saturated rings. The molecule has 8 nitrogen and oxygen atoms in total. The number of aliphatic hydroxyl groups is 1. The van der Waals surface area contributed by atoms with E-state index in [0.717, 1.165) is 5.49 Å². The number of hydrogen-bond donors (Lipinski definition) is 2. The van der Waals surface area contributed by atoms with Gasteiger partial charge in [-0.1, -0.05) is 48.6 Å². The third-order valence-corrected chi connectivity index (χ3v) is 5.30. The Morgan fingerprint density at radius 3 is 1.89 bits per heavy atom. The maximum atomic E-state index is 13.5. The second-order valence-electron chi connectivity index (χ2n) is 7.26. The fraction of sp³-hybridized carbons (Fsp3) is 0.115. The number of amides is 2. The lowest BCUT2D eigenvalue weighted by atomic mass is 10.1. The third kappa shape index (κ3) is 5.96. The highest BCUT2D eigenvalue weighted by Gasteiger charge is 2.30. The van der Waals surface area contributed by atoms with Gasteiger partial charge in [0, 0.05) is 42.3 Å². The van der Waals surface area contributed by atoms with Crippen molar-refractivity contribution in [3.8, 4) is 11.5 Å². The van der Waals surface area contributed by atoms with Crippen molar-refractivity contribution < 1.29 is 24.2 Å². The molecule has 0 aliphatic heterocycles. The smallest absolute Gasteiger partial charge is 0.269 e. The Labute approximate surface area is 209 Å². The summed E-state index contributed by atoms with van der Waals surface area (Å²) in [4.78, 5) is 29.4. The van der Waals surface area contributed by atoms with Crippen LogP contribution in [0.4, 0.5) is 17.1 Å². The molecule has 0 saturated heterocycles. The molecule has 2 N–H and O–H groups in total. The number of rotatable bonds is 9. The molecule has 0 aliphatic carbocycles. The highest BCUT2D eigenvalue weighted by atomic mass is 32.1. The topological polar surface area (TPSA) is 91.3 Å². The van der Waals surface area contributed by atoms with Crippen LogP contribution in [0.25, 0.3) is 0 Å². The van der Waals surface area contributed by atoms with Gasteiger partial charge in [0.15, 0.2) is 5.57 Å². The molecule has 0 aromatic heterocycles. The molecule has 35 heavy (non-hydrogen) atoms. The van der Waals surface area contributed by atoms with Crippen molar-refractivity contribution in [3.05, 3.63) is 90.3 Å². The van der Waals surface area contributed by atoms with Crippen LogP contribution in [0.1, 0.15) is 0 Å². The van der Waals surface area contributed by atoms with Gasteiger partial charge in [0.2, 0.25) is 5.88 Å². The van der Waals surface area contributed by atoms with Gasteiger partial charge in [-0.15, -0.1) is 0 Å². The number of aliphatic hydroxyl groups excluding tert-OH is 1. The molecule has 3 rings (SSSR count). The number of likely N-dealkylation sites (N-methyl/N-ethyl adjacent to an activating group) is 1. The standard InChI is InChI=1S/C26H25N3O5S/c1-28(19-10-6-4-7-11-19)25(31)23(26(32)29(17-35)20-12-8-5-9-13-20)24(30)27-18-14-21(33-2)16-22(15-18)34-3/h4-17,32H,1-3H3,(H,27,30)/b26-23+. The number of nitrogens with one attached hydrogen (secondary N) is 1. The van der Waals surface area contributed by atoms with Crippen molar-refractivity contribution in [2.75, 3.05) is 36.4 Å². The fourth-order valence-electron chi connectivity index (χ4n) is 3.25. The second kappa shape index (κ2) is 11.7. The molecule has 3 aromatic rings. The summed E-state index contributed by atoms with van der Waals surface area (Å²) in [5.74, 6) is -1.33. The molecule has 3 aromatic carbocycles. The summed E-state index contributed by atoms with van der Waals surface area (Å²) >= 11 is 5.10. The van der Waals surface area contributed by atoms with E-state index in [2.05, 4.69) is 5.32 Å². The predicted octanol–water partition coefficient (Wildman–Crippen LogP) is 4.54. The van der Waals surface area contributed by atoms with E-state index in [9.17, 15) is 14.7 Å². The van der Waals surface area contributed by atoms with Crippen molar-refractivity contribution in [2.45, 2.75) is 0 Å². The van der Waals surface area contributed by atoms with E-state index in [-0.39, 0.29) is 0 Å². The first-order chi connectivity index (χ1) is 16.9. The Hall–Kier alpha value is -4.37. The van der Waals surface area contributed by atoms with Crippen LogP contribution in [0.2, 0.25) is 0 Å². The minimum absolute atomic E-state index is 0.306. The normalized spacial score (nSPS) is 11.1. The number of carbonyl (C=O) groups is 2. The van der Waals surface area contributed by atoms with Crippen molar-refractivity contribution in [1.29, 1.82) is 0 Å². The molecule has 180 valence electrons. The fourth-order valence-corrected chi connectivity index (χ4v) is 3.47. The van der Waals surface area contributed by atoms with E-state index >= 15 is 0 Å². The zero-order valence-electron chi connectivity index (χ0n) is 19.5. The van der Waals surface area contributed by atoms with Gasteiger partial charge in [-0.2, -0.15) is 0 Å². The van der Waals surface area contributed by atoms with Crippen LogP contribution in [0.5, 0.6) is 11.5 Å². The molecule has 0 radical (unpaired) electrons. The first kappa shape index (κ1) is 25.3. The van der Waals surface area contributed by atoms with Crippen LogP contribution in [0.15, 0.2) is 90.3 Å². The van der Waals surface area contributed by atoms with Gasteiger partial charge in [0.05, 0.1) is 19.7 Å². The number of methoxy groups -OCH3 is 2. The summed E-state index contributed by atoms with van der Waals surface area (Å²) in [5.41, 5.74) is 1.96. The number of anilines is 3. The third-order valence-electron chi connectivity index (χ3n) is 5.09. The Morgan fingerprint density at radius 2 is 1.40 bits per heavy atom. The number of hydrogen-bond acceptors (Lipinski definition) is 6. The Morgan fingerprint density at radius 1 is 0.886 bits per heavy atom. The van der Waals surface area contributed by atoms with Crippen molar-refractivity contribution in [1.82, 2.24) is 0 Å². The van der Waals surface area contributed by atoms with Crippen LogP contribution in [0.3, 0.4) is 0 Å². The lowest BCUT2D eigenvalue weighted by Crippen LogP contribution is -2.37. The number of carbonyl (C=O) groups excluding carboxylic acids is 2. The van der Waals surface area contributed by atoms with E-state index in [1.807, 2.05) is 6.07 Å². The highest BCUT2D eigenvalue weighted by molar-refractivity contribution is 7.79. The zero-order chi connectivity index (χ0) is 25.4. The molecule has 0 atom stereocenters. The summed E-state index contributed by atoms with van der Waals surface area (Å²) in [7, 11) is 4.47. The van der Waals surface area contributed by atoms with E-state index in [4.69, 9.17) is 21.7 Å². The molecule has 0 spiro atoms. The molecule has 0 heterocycles. The second-order valence-corrected chi connectivity index (χ2v) is 7.48. The van der Waals surface area contributed by atoms with Gasteiger partial charge in [-0.3, -0.25) is 14.5 Å². The predicted molar refractivity (Wildman–Crippen MR) is 140 cm³/mol. The lowest BCUT2D eigenvalue weighted by Gasteiger charge is -2.24. The van der Waals surface area contributed by atoms with E-state index in [0.29, 0.717) is 28.6 Å². The number of benzene rings is 3. The molecule has 0 aliphatic rings. The quantitative estimate of drug-likeness (QED) is 0.149. The van der Waals surface area contributed by atoms with E-state index in [1.165, 1.54) is 31.1 Å². The van der Waals surface area contributed by atoms with Gasteiger partial charge in [-0.25, -0.2) is 0 Å². The van der Waals surface area contributed by atoms with Gasteiger partial charge >= 0.3 is 0 Å². The average molecular weight is 492 g/mol. The largest absolute Gasteiger partial charge is 0.497 e. The summed E-state index contributed by atoms with van der Waals surface area (Å²) in [6.07, 6.45) is 0. The zero-order valence-corrected chi connectivity index (χ0v) is 20.3. The molecule has 0 saturated carbocycles. The number of para-hydroxylation sites is 2.